The number of aliphatic hydroxyl groups is 1. The lowest BCUT2D eigenvalue weighted by atomic mass is 10.2. The molecule has 78 valence electrons. The third kappa shape index (κ3) is 2.93. The van der Waals surface area contributed by atoms with Gasteiger partial charge in [0.05, 0.1) is 6.61 Å². The van der Waals surface area contributed by atoms with Gasteiger partial charge >= 0.3 is 0 Å². The summed E-state index contributed by atoms with van der Waals surface area (Å²) in [6, 6.07) is 0.987. The quantitative estimate of drug-likeness (QED) is 0.691. The van der Waals surface area contributed by atoms with Gasteiger partial charge in [0.2, 0.25) is 0 Å². The molecule has 0 spiro atoms. The van der Waals surface area contributed by atoms with Crippen LogP contribution in [-0.4, -0.2) is 59.8 Å². The minimum Gasteiger partial charge on any atom is -0.395 e. The molecule has 1 atom stereocenters. The normalized spacial score (nSPS) is 23.8. The highest BCUT2D eigenvalue weighted by atomic mass is 16.3. The average Bonchev–Trinajstić information content (AvgIpc) is 2.17. The Balaban J connectivity index is 2.30. The van der Waals surface area contributed by atoms with Gasteiger partial charge in [0, 0.05) is 38.3 Å². The second-order valence-corrected chi connectivity index (χ2v) is 4.20. The molecule has 0 aromatic rings. The second-order valence-electron chi connectivity index (χ2n) is 4.20. The maximum Gasteiger partial charge on any atom is 0.0584 e. The van der Waals surface area contributed by atoms with Gasteiger partial charge in [-0.3, -0.25) is 9.80 Å². The monoisotopic (exact) mass is 186 g/mol. The van der Waals surface area contributed by atoms with E-state index in [9.17, 15) is 0 Å². The van der Waals surface area contributed by atoms with Crippen molar-refractivity contribution in [2.75, 3.05) is 32.8 Å². The Morgan fingerprint density at radius 2 is 1.46 bits per heavy atom. The summed E-state index contributed by atoms with van der Waals surface area (Å²) in [4.78, 5) is 4.85. The summed E-state index contributed by atoms with van der Waals surface area (Å²) in [5.41, 5.74) is 0. The van der Waals surface area contributed by atoms with Gasteiger partial charge in [-0.1, -0.05) is 0 Å². The van der Waals surface area contributed by atoms with Gasteiger partial charge in [-0.2, -0.15) is 0 Å². The summed E-state index contributed by atoms with van der Waals surface area (Å²) >= 11 is 0. The molecule has 1 aliphatic rings. The van der Waals surface area contributed by atoms with E-state index in [-0.39, 0.29) is 6.61 Å². The standard InChI is InChI=1S/C10H22N2O/c1-9(2)11-4-6-12(7-5-11)10(3)8-13/h9-10,13H,4-8H2,1-3H3. The van der Waals surface area contributed by atoms with Crippen molar-refractivity contribution in [2.45, 2.75) is 32.9 Å². The molecule has 1 fully saturated rings. The van der Waals surface area contributed by atoms with Crippen molar-refractivity contribution in [3.05, 3.63) is 0 Å². The molecule has 13 heavy (non-hydrogen) atoms. The van der Waals surface area contributed by atoms with Gasteiger partial charge in [0.25, 0.3) is 0 Å². The van der Waals surface area contributed by atoms with Gasteiger partial charge in [-0.05, 0) is 20.8 Å². The molecule has 3 nitrogen and oxygen atoms in total. The van der Waals surface area contributed by atoms with E-state index in [1.807, 2.05) is 0 Å². The molecule has 1 saturated heterocycles. The zero-order valence-corrected chi connectivity index (χ0v) is 9.03. The van der Waals surface area contributed by atoms with E-state index < -0.39 is 0 Å². The van der Waals surface area contributed by atoms with Gasteiger partial charge in [-0.15, -0.1) is 0 Å². The second kappa shape index (κ2) is 4.94. The average molecular weight is 186 g/mol. The highest BCUT2D eigenvalue weighted by molar-refractivity contribution is 4.77. The largest absolute Gasteiger partial charge is 0.395 e. The van der Waals surface area contributed by atoms with Gasteiger partial charge in [-0.25, -0.2) is 0 Å². The number of aliphatic hydroxyl groups excluding tert-OH is 1. The fourth-order valence-electron chi connectivity index (χ4n) is 1.81. The van der Waals surface area contributed by atoms with Crippen LogP contribution in [0.3, 0.4) is 0 Å². The van der Waals surface area contributed by atoms with Crippen LogP contribution < -0.4 is 0 Å². The number of hydrogen-bond acceptors (Lipinski definition) is 3. The molecule has 1 N–H and O–H groups in total. The molecule has 0 amide bonds. The summed E-state index contributed by atoms with van der Waals surface area (Å²) in [5, 5.41) is 9.01. The van der Waals surface area contributed by atoms with Crippen LogP contribution in [0.15, 0.2) is 0 Å². The Kier molecular flexibility index (Phi) is 4.16. The van der Waals surface area contributed by atoms with E-state index in [0.29, 0.717) is 12.1 Å². The Bertz CT molecular complexity index is 142. The van der Waals surface area contributed by atoms with E-state index in [1.54, 1.807) is 0 Å². The summed E-state index contributed by atoms with van der Waals surface area (Å²) in [5.74, 6) is 0. The molecular weight excluding hydrogens is 164 g/mol. The molecule has 0 aromatic carbocycles. The highest BCUT2D eigenvalue weighted by Gasteiger charge is 2.21. The molecule has 1 unspecified atom stereocenters. The first-order valence-corrected chi connectivity index (χ1v) is 5.24. The molecule has 0 bridgehead atoms. The number of nitrogens with zero attached hydrogens (tertiary/aromatic N) is 2. The van der Waals surface area contributed by atoms with Crippen molar-refractivity contribution in [1.29, 1.82) is 0 Å². The first kappa shape index (κ1) is 11.0. The predicted molar refractivity (Wildman–Crippen MR) is 54.8 cm³/mol. The summed E-state index contributed by atoms with van der Waals surface area (Å²) in [6.45, 7) is 11.3. The van der Waals surface area contributed by atoms with Crippen LogP contribution in [0, 0.1) is 0 Å². The number of rotatable bonds is 3. The molecule has 0 aliphatic carbocycles. The lowest BCUT2D eigenvalue weighted by Crippen LogP contribution is -2.52. The fourth-order valence-corrected chi connectivity index (χ4v) is 1.81. The maximum atomic E-state index is 9.01. The SMILES string of the molecule is CC(C)N1CCN(C(C)CO)CC1. The molecular formula is C10H22N2O. The molecule has 1 rings (SSSR count). The molecule has 1 heterocycles. The van der Waals surface area contributed by atoms with Crippen molar-refractivity contribution in [3.63, 3.8) is 0 Å². The zero-order chi connectivity index (χ0) is 9.84. The van der Waals surface area contributed by atoms with Crippen LogP contribution >= 0.6 is 0 Å². The first-order valence-electron chi connectivity index (χ1n) is 5.24. The highest BCUT2D eigenvalue weighted by Crippen LogP contribution is 2.08. The van der Waals surface area contributed by atoms with Crippen molar-refractivity contribution >= 4 is 0 Å². The van der Waals surface area contributed by atoms with Crippen LogP contribution in [0.25, 0.3) is 0 Å². The zero-order valence-electron chi connectivity index (χ0n) is 9.03. The molecule has 0 aromatic heterocycles. The lowest BCUT2D eigenvalue weighted by molar-refractivity contribution is 0.0604. The molecule has 0 saturated carbocycles. The Morgan fingerprint density at radius 1 is 1.00 bits per heavy atom. The Labute approximate surface area is 81.3 Å². The topological polar surface area (TPSA) is 26.7 Å². The molecule has 3 heteroatoms. The summed E-state index contributed by atoms with van der Waals surface area (Å²) in [7, 11) is 0. The number of piperazine rings is 1. The molecule has 1 aliphatic heterocycles. The van der Waals surface area contributed by atoms with Crippen LogP contribution in [-0.2, 0) is 0 Å². The Hall–Kier alpha value is -0.120. The van der Waals surface area contributed by atoms with Gasteiger partial charge < -0.3 is 5.11 Å². The van der Waals surface area contributed by atoms with Crippen molar-refractivity contribution in [3.8, 4) is 0 Å². The van der Waals surface area contributed by atoms with Crippen LogP contribution in [0.5, 0.6) is 0 Å². The molecule has 0 radical (unpaired) electrons. The van der Waals surface area contributed by atoms with E-state index in [0.717, 1.165) is 26.2 Å². The summed E-state index contributed by atoms with van der Waals surface area (Å²) < 4.78 is 0. The smallest absolute Gasteiger partial charge is 0.0584 e. The van der Waals surface area contributed by atoms with E-state index in [2.05, 4.69) is 30.6 Å². The van der Waals surface area contributed by atoms with Crippen molar-refractivity contribution < 1.29 is 5.11 Å². The lowest BCUT2D eigenvalue weighted by Gasteiger charge is -2.39. The van der Waals surface area contributed by atoms with Crippen LogP contribution in [0.1, 0.15) is 20.8 Å². The van der Waals surface area contributed by atoms with E-state index in [1.165, 1.54) is 0 Å². The van der Waals surface area contributed by atoms with E-state index >= 15 is 0 Å². The fraction of sp³-hybridized carbons (Fsp3) is 1.00. The van der Waals surface area contributed by atoms with Crippen molar-refractivity contribution in [1.82, 2.24) is 9.80 Å². The third-order valence-corrected chi connectivity index (χ3v) is 2.97. The summed E-state index contributed by atoms with van der Waals surface area (Å²) in [6.07, 6.45) is 0. The minimum absolute atomic E-state index is 0.279. The third-order valence-electron chi connectivity index (χ3n) is 2.97. The Morgan fingerprint density at radius 3 is 1.85 bits per heavy atom. The number of hydrogen-bond donors (Lipinski definition) is 1. The maximum absolute atomic E-state index is 9.01. The van der Waals surface area contributed by atoms with Gasteiger partial charge in [0.1, 0.15) is 0 Å². The van der Waals surface area contributed by atoms with E-state index in [4.69, 9.17) is 5.11 Å². The van der Waals surface area contributed by atoms with Crippen LogP contribution in [0.4, 0.5) is 0 Å². The van der Waals surface area contributed by atoms with Crippen LogP contribution in [0.2, 0.25) is 0 Å². The van der Waals surface area contributed by atoms with Crippen molar-refractivity contribution in [2.24, 2.45) is 0 Å². The van der Waals surface area contributed by atoms with Gasteiger partial charge in [0.15, 0.2) is 0 Å². The minimum atomic E-state index is 0.279. The first-order chi connectivity index (χ1) is 6.15. The predicted octanol–water partition coefficient (Wildman–Crippen LogP) is 0.393.